The van der Waals surface area contributed by atoms with E-state index >= 15 is 0 Å². The Kier molecular flexibility index (Phi) is 7.75. The van der Waals surface area contributed by atoms with Crippen LogP contribution in [0.15, 0.2) is 39.6 Å². The van der Waals surface area contributed by atoms with Gasteiger partial charge >= 0.3 is 12.1 Å². The van der Waals surface area contributed by atoms with Crippen LogP contribution in [0.25, 0.3) is 22.3 Å². The first-order valence-electron chi connectivity index (χ1n) is 11.9. The highest BCUT2D eigenvalue weighted by Crippen LogP contribution is 2.37. The summed E-state index contributed by atoms with van der Waals surface area (Å²) in [4.78, 5) is 44.5. The zero-order valence-electron chi connectivity index (χ0n) is 20.8. The number of aromatic nitrogens is 2. The standard InChI is InChI=1S/C23H21BrN4O5.C3H8/c1-25-6-7-27(2)23(31)33-20-13-9-18-19-12(8-14-16(24)4-3-5-17(14)26-19)10-28(18)21(29)15(13)11-32-22(20)30;1-3-2/h3-5,8-9,20,25H,6-7,10-11H2,1-2H3;3H2,1-2H3. The lowest BCUT2D eigenvalue weighted by Gasteiger charge is -2.27. The first kappa shape index (κ1) is 25.8. The minimum absolute atomic E-state index is 0.159. The summed E-state index contributed by atoms with van der Waals surface area (Å²) in [7, 11) is 3.35. The molecule has 0 aliphatic carbocycles. The van der Waals surface area contributed by atoms with E-state index in [4.69, 9.17) is 14.5 Å². The number of benzene rings is 1. The Morgan fingerprint density at radius 1 is 1.31 bits per heavy atom. The summed E-state index contributed by atoms with van der Waals surface area (Å²) in [5.41, 5.74) is 3.34. The number of nitrogens with zero attached hydrogens (tertiary/aromatic N) is 3. The van der Waals surface area contributed by atoms with E-state index in [1.165, 1.54) is 11.3 Å². The lowest BCUT2D eigenvalue weighted by atomic mass is 10.00. The van der Waals surface area contributed by atoms with Crippen molar-refractivity contribution in [3.8, 4) is 11.4 Å². The summed E-state index contributed by atoms with van der Waals surface area (Å²) < 4.78 is 13.2. The van der Waals surface area contributed by atoms with E-state index in [9.17, 15) is 14.4 Å². The van der Waals surface area contributed by atoms with Crippen molar-refractivity contribution in [2.45, 2.75) is 39.5 Å². The monoisotopic (exact) mass is 556 g/mol. The van der Waals surface area contributed by atoms with Crippen LogP contribution >= 0.6 is 15.9 Å². The highest BCUT2D eigenvalue weighted by atomic mass is 79.9. The van der Waals surface area contributed by atoms with E-state index in [1.807, 2.05) is 24.3 Å². The predicted molar refractivity (Wildman–Crippen MR) is 140 cm³/mol. The molecule has 2 aromatic heterocycles. The molecule has 0 saturated carbocycles. The quantitative estimate of drug-likeness (QED) is 0.379. The van der Waals surface area contributed by atoms with Crippen LogP contribution in [0.5, 0.6) is 0 Å². The molecule has 0 radical (unpaired) electrons. The third kappa shape index (κ3) is 4.75. The molecule has 0 saturated heterocycles. The maximum Gasteiger partial charge on any atom is 0.410 e. The SMILES string of the molecule is CCC.CNCCN(C)C(=O)OC1C(=O)OCc2c1cc1n(c2=O)Cc2cc3c(Br)cccc3nc2-1. The van der Waals surface area contributed by atoms with E-state index in [2.05, 4.69) is 35.1 Å². The third-order valence-electron chi connectivity index (χ3n) is 5.97. The molecule has 1 amide bonds. The van der Waals surface area contributed by atoms with E-state index in [0.717, 1.165) is 20.9 Å². The number of carbonyl (C=O) groups excluding carboxylic acids is 2. The Morgan fingerprint density at radius 3 is 2.78 bits per heavy atom. The number of fused-ring (bicyclic) bond motifs is 5. The summed E-state index contributed by atoms with van der Waals surface area (Å²) in [5.74, 6) is -0.698. The second kappa shape index (κ2) is 10.8. The number of halogens is 1. The lowest BCUT2D eigenvalue weighted by molar-refractivity contribution is -0.158. The van der Waals surface area contributed by atoms with Crippen molar-refractivity contribution < 1.29 is 19.1 Å². The van der Waals surface area contributed by atoms with Gasteiger partial charge in [0.1, 0.15) is 6.61 Å². The van der Waals surface area contributed by atoms with Crippen LogP contribution in [0.3, 0.4) is 0 Å². The summed E-state index contributed by atoms with van der Waals surface area (Å²) in [6, 6.07) is 9.49. The van der Waals surface area contributed by atoms with Gasteiger partial charge < -0.3 is 24.3 Å². The summed E-state index contributed by atoms with van der Waals surface area (Å²) in [6.45, 7) is 5.43. The van der Waals surface area contributed by atoms with Crippen molar-refractivity contribution in [2.75, 3.05) is 27.2 Å². The fourth-order valence-electron chi connectivity index (χ4n) is 4.17. The number of rotatable bonds is 4. The number of hydrogen-bond donors (Lipinski definition) is 1. The number of pyridine rings is 2. The molecule has 1 unspecified atom stereocenters. The molecule has 1 N–H and O–H groups in total. The molecule has 0 spiro atoms. The van der Waals surface area contributed by atoms with Gasteiger partial charge in [-0.3, -0.25) is 4.79 Å². The molecule has 1 atom stereocenters. The maximum atomic E-state index is 13.3. The molecular formula is C26H29BrN4O5. The molecule has 36 heavy (non-hydrogen) atoms. The highest BCUT2D eigenvalue weighted by molar-refractivity contribution is 9.10. The fraction of sp³-hybridized carbons (Fsp3) is 0.385. The van der Waals surface area contributed by atoms with Gasteiger partial charge in [0.05, 0.1) is 29.0 Å². The van der Waals surface area contributed by atoms with Gasteiger partial charge in [-0.1, -0.05) is 42.3 Å². The average molecular weight is 557 g/mol. The second-order valence-electron chi connectivity index (χ2n) is 8.76. The van der Waals surface area contributed by atoms with Crippen LogP contribution in [0.2, 0.25) is 0 Å². The molecule has 3 aromatic rings. The summed E-state index contributed by atoms with van der Waals surface area (Å²) in [5, 5.41) is 3.90. The van der Waals surface area contributed by atoms with Gasteiger partial charge in [-0.2, -0.15) is 0 Å². The second-order valence-corrected chi connectivity index (χ2v) is 9.62. The van der Waals surface area contributed by atoms with Gasteiger partial charge in [0.2, 0.25) is 6.10 Å². The molecule has 190 valence electrons. The molecule has 9 nitrogen and oxygen atoms in total. The van der Waals surface area contributed by atoms with E-state index in [0.29, 0.717) is 42.1 Å². The number of nitrogens with one attached hydrogen (secondary N) is 1. The topological polar surface area (TPSA) is 103 Å². The van der Waals surface area contributed by atoms with Gasteiger partial charge in [-0.25, -0.2) is 14.6 Å². The summed E-state index contributed by atoms with van der Waals surface area (Å²) in [6.07, 6.45) is -0.731. The Bertz CT molecular complexity index is 1390. The van der Waals surface area contributed by atoms with Crippen molar-refractivity contribution in [3.05, 3.63) is 61.8 Å². The molecule has 4 heterocycles. The van der Waals surface area contributed by atoms with Crippen LogP contribution in [-0.2, 0) is 27.4 Å². The number of amides is 1. The third-order valence-corrected chi connectivity index (χ3v) is 6.67. The van der Waals surface area contributed by atoms with Crippen molar-refractivity contribution in [2.24, 2.45) is 0 Å². The number of cyclic esters (lactones) is 1. The Labute approximate surface area is 217 Å². The van der Waals surface area contributed by atoms with Crippen LogP contribution in [-0.4, -0.2) is 53.7 Å². The van der Waals surface area contributed by atoms with E-state index in [1.54, 1.807) is 24.7 Å². The molecule has 0 fully saturated rings. The van der Waals surface area contributed by atoms with Gasteiger partial charge in [0.15, 0.2) is 0 Å². The number of likely N-dealkylation sites (N-methyl/N-ethyl adjacent to an activating group) is 2. The molecule has 1 aromatic carbocycles. The molecule has 10 heteroatoms. The Morgan fingerprint density at radius 2 is 2.06 bits per heavy atom. The first-order chi connectivity index (χ1) is 17.3. The zero-order valence-corrected chi connectivity index (χ0v) is 22.3. The Balaban J connectivity index is 0.000000967. The van der Waals surface area contributed by atoms with Crippen molar-refractivity contribution in [3.63, 3.8) is 0 Å². The molecule has 0 bridgehead atoms. The largest absolute Gasteiger partial charge is 0.458 e. The summed E-state index contributed by atoms with van der Waals surface area (Å²) >= 11 is 3.55. The van der Waals surface area contributed by atoms with Crippen LogP contribution in [0.4, 0.5) is 4.79 Å². The predicted octanol–water partition coefficient (Wildman–Crippen LogP) is 3.99. The van der Waals surface area contributed by atoms with Crippen LogP contribution in [0.1, 0.15) is 43.1 Å². The van der Waals surface area contributed by atoms with Gasteiger partial charge in [-0.05, 0) is 31.3 Å². The lowest BCUT2D eigenvalue weighted by Crippen LogP contribution is -2.38. The molecule has 5 rings (SSSR count). The van der Waals surface area contributed by atoms with Crippen molar-refractivity contribution in [1.82, 2.24) is 19.8 Å². The van der Waals surface area contributed by atoms with E-state index < -0.39 is 18.2 Å². The van der Waals surface area contributed by atoms with Gasteiger partial charge in [0.25, 0.3) is 5.56 Å². The van der Waals surface area contributed by atoms with Gasteiger partial charge in [0, 0.05) is 41.1 Å². The number of carbonyl (C=O) groups is 2. The van der Waals surface area contributed by atoms with Crippen LogP contribution < -0.4 is 10.9 Å². The molecule has 2 aliphatic rings. The minimum Gasteiger partial charge on any atom is -0.458 e. The van der Waals surface area contributed by atoms with Gasteiger partial charge in [-0.15, -0.1) is 0 Å². The first-order valence-corrected chi connectivity index (χ1v) is 12.7. The maximum absolute atomic E-state index is 13.3. The normalized spacial score (nSPS) is 15.2. The smallest absolute Gasteiger partial charge is 0.410 e. The highest BCUT2D eigenvalue weighted by Gasteiger charge is 2.38. The fourth-order valence-corrected chi connectivity index (χ4v) is 4.64. The van der Waals surface area contributed by atoms with Crippen molar-refractivity contribution in [1.29, 1.82) is 0 Å². The number of ether oxygens (including phenoxy) is 2. The molecule has 2 aliphatic heterocycles. The molecular weight excluding hydrogens is 528 g/mol. The van der Waals surface area contributed by atoms with E-state index in [-0.39, 0.29) is 12.2 Å². The Hall–Kier alpha value is -3.24. The average Bonchev–Trinajstić information content (AvgIpc) is 3.22. The number of hydrogen-bond acceptors (Lipinski definition) is 7. The van der Waals surface area contributed by atoms with Crippen LogP contribution in [0, 0.1) is 0 Å². The van der Waals surface area contributed by atoms with Crippen molar-refractivity contribution >= 4 is 38.9 Å². The minimum atomic E-state index is -1.31. The number of esters is 1. The zero-order chi connectivity index (χ0) is 26.0.